The highest BCUT2D eigenvalue weighted by atomic mass is 32.2. The number of Topliss-reactive ketones (excluding diaryl/α,β-unsaturated/α-hetero) is 1. The van der Waals surface area contributed by atoms with Gasteiger partial charge in [-0.15, -0.1) is 0 Å². The SMILES string of the molecule is O=C(/C=C/c1ccc(F)cc1CC1C2CCC(O2)C1c1nc(C(=O)CCCCCC2CCCCC2)co1)NS(=O)(=O)CC(F)(F)F. The van der Waals surface area contributed by atoms with Crippen LogP contribution in [0.1, 0.15) is 110 Å². The Hall–Kier alpha value is -3.06. The normalized spacial score (nSPS) is 23.7. The predicted molar refractivity (Wildman–Crippen MR) is 162 cm³/mol. The van der Waals surface area contributed by atoms with E-state index in [0.717, 1.165) is 50.2 Å². The Balaban J connectivity index is 1.21. The lowest BCUT2D eigenvalue weighted by Crippen LogP contribution is -2.36. The second-order valence-corrected chi connectivity index (χ2v) is 14.5. The molecular formula is C33H40F4N2O6S. The molecule has 3 fully saturated rings. The number of carbonyl (C=O) groups is 2. The number of halogens is 4. The minimum Gasteiger partial charge on any atom is -0.448 e. The molecule has 13 heteroatoms. The molecule has 1 N–H and O–H groups in total. The second-order valence-electron chi connectivity index (χ2n) is 12.8. The molecule has 0 spiro atoms. The van der Waals surface area contributed by atoms with E-state index < -0.39 is 33.7 Å². The zero-order valence-corrected chi connectivity index (χ0v) is 26.4. The second kappa shape index (κ2) is 14.8. The Bertz CT molecular complexity index is 1520. The molecule has 1 amide bonds. The average Bonchev–Trinajstić information content (AvgIpc) is 3.73. The van der Waals surface area contributed by atoms with E-state index in [9.17, 15) is 35.6 Å². The summed E-state index contributed by atoms with van der Waals surface area (Å²) in [7, 11) is -4.93. The molecule has 2 aromatic rings. The van der Waals surface area contributed by atoms with Crippen LogP contribution in [0.5, 0.6) is 0 Å². The standard InChI is InChI=1S/C33H40F4N2O6S/c34-24-13-11-22(12-16-30(41)39-46(42,43)20-33(35,36)37)23(17-24)18-25-28-14-15-29(45-28)31(25)32-38-26(19-44-32)27(40)10-6-2-5-9-21-7-3-1-4-8-21/h11-13,16-17,19,21,25,28-29,31H,1-10,14-15,18,20H2,(H,39,41)/b16-12+. The molecule has 1 aromatic heterocycles. The number of rotatable bonds is 14. The molecule has 1 aliphatic carbocycles. The smallest absolute Gasteiger partial charge is 0.404 e. The first-order valence-electron chi connectivity index (χ1n) is 16.1. The summed E-state index contributed by atoms with van der Waals surface area (Å²) in [5.74, 6) is -3.31. The van der Waals surface area contributed by atoms with E-state index in [0.29, 0.717) is 29.9 Å². The summed E-state index contributed by atoms with van der Waals surface area (Å²) in [6.45, 7) is 0. The number of ether oxygens (including phenoxy) is 1. The van der Waals surface area contributed by atoms with Gasteiger partial charge in [-0.2, -0.15) is 13.2 Å². The number of hydrogen-bond acceptors (Lipinski definition) is 7. The average molecular weight is 669 g/mol. The van der Waals surface area contributed by atoms with E-state index in [4.69, 9.17) is 9.15 Å². The van der Waals surface area contributed by atoms with E-state index in [1.54, 1.807) is 0 Å². The van der Waals surface area contributed by atoms with Crippen LogP contribution >= 0.6 is 0 Å². The predicted octanol–water partition coefficient (Wildman–Crippen LogP) is 7.05. The van der Waals surface area contributed by atoms with Crippen molar-refractivity contribution in [3.8, 4) is 0 Å². The van der Waals surface area contributed by atoms with Crippen molar-refractivity contribution in [3.63, 3.8) is 0 Å². The van der Waals surface area contributed by atoms with Crippen LogP contribution in [0.3, 0.4) is 0 Å². The number of aromatic nitrogens is 1. The van der Waals surface area contributed by atoms with Gasteiger partial charge in [-0.1, -0.05) is 57.4 Å². The minimum absolute atomic E-state index is 0.0682. The number of unbranched alkanes of at least 4 members (excludes halogenated alkanes) is 2. The Morgan fingerprint density at radius 1 is 1.02 bits per heavy atom. The topological polar surface area (TPSA) is 116 Å². The molecule has 0 radical (unpaired) electrons. The molecule has 2 aliphatic heterocycles. The fourth-order valence-electron chi connectivity index (χ4n) is 7.22. The molecule has 2 bridgehead atoms. The summed E-state index contributed by atoms with van der Waals surface area (Å²) in [4.78, 5) is 29.6. The summed E-state index contributed by atoms with van der Waals surface area (Å²) in [5, 5.41) is 0. The van der Waals surface area contributed by atoms with Crippen LogP contribution in [0.4, 0.5) is 17.6 Å². The third kappa shape index (κ3) is 9.27. The summed E-state index contributed by atoms with van der Waals surface area (Å²) in [6.07, 6.45) is 11.1. The fourth-order valence-corrected chi connectivity index (χ4v) is 8.09. The van der Waals surface area contributed by atoms with Crippen molar-refractivity contribution in [3.05, 3.63) is 59.1 Å². The van der Waals surface area contributed by atoms with Gasteiger partial charge in [0.25, 0.3) is 5.91 Å². The zero-order chi connectivity index (χ0) is 32.9. The number of hydrogen-bond donors (Lipinski definition) is 1. The van der Waals surface area contributed by atoms with Crippen molar-refractivity contribution in [2.45, 2.75) is 108 Å². The number of amides is 1. The van der Waals surface area contributed by atoms with Crippen molar-refractivity contribution in [1.82, 2.24) is 9.71 Å². The van der Waals surface area contributed by atoms with Gasteiger partial charge in [-0.25, -0.2) is 22.5 Å². The molecule has 1 aromatic carbocycles. The number of carbonyl (C=O) groups excluding carboxylic acids is 2. The van der Waals surface area contributed by atoms with Gasteiger partial charge in [0, 0.05) is 18.4 Å². The van der Waals surface area contributed by atoms with Gasteiger partial charge in [0.2, 0.25) is 15.9 Å². The molecular weight excluding hydrogens is 628 g/mol. The maximum atomic E-state index is 14.4. The first-order chi connectivity index (χ1) is 21.9. The number of ketones is 1. The monoisotopic (exact) mass is 668 g/mol. The fraction of sp³-hybridized carbons (Fsp3) is 0.606. The van der Waals surface area contributed by atoms with Crippen LogP contribution in [0.25, 0.3) is 6.08 Å². The van der Waals surface area contributed by atoms with Crippen LogP contribution in [0.15, 0.2) is 35.0 Å². The summed E-state index contributed by atoms with van der Waals surface area (Å²) >= 11 is 0. The Morgan fingerprint density at radius 2 is 1.78 bits per heavy atom. The van der Waals surface area contributed by atoms with E-state index >= 15 is 0 Å². The van der Waals surface area contributed by atoms with E-state index in [2.05, 4.69) is 4.98 Å². The largest absolute Gasteiger partial charge is 0.448 e. The molecule has 1 saturated carbocycles. The highest BCUT2D eigenvalue weighted by molar-refractivity contribution is 7.90. The number of nitrogens with one attached hydrogen (secondary N) is 1. The lowest BCUT2D eigenvalue weighted by molar-refractivity contribution is -0.115. The van der Waals surface area contributed by atoms with Crippen molar-refractivity contribution >= 4 is 27.8 Å². The van der Waals surface area contributed by atoms with E-state index in [-0.39, 0.29) is 35.5 Å². The van der Waals surface area contributed by atoms with Crippen LogP contribution in [0, 0.1) is 17.7 Å². The summed E-state index contributed by atoms with van der Waals surface area (Å²) in [5.41, 5.74) is 1.16. The van der Waals surface area contributed by atoms with Gasteiger partial charge >= 0.3 is 6.18 Å². The molecule has 3 aliphatic rings. The van der Waals surface area contributed by atoms with E-state index in [1.165, 1.54) is 67.7 Å². The molecule has 4 atom stereocenters. The molecule has 46 heavy (non-hydrogen) atoms. The van der Waals surface area contributed by atoms with Crippen LogP contribution in [-0.2, 0) is 26.0 Å². The zero-order valence-electron chi connectivity index (χ0n) is 25.6. The summed E-state index contributed by atoms with van der Waals surface area (Å²) < 4.78 is 88.5. The lowest BCUT2D eigenvalue weighted by atomic mass is 9.75. The summed E-state index contributed by atoms with van der Waals surface area (Å²) in [6, 6.07) is 3.86. The lowest BCUT2D eigenvalue weighted by Gasteiger charge is -2.26. The quantitative estimate of drug-likeness (QED) is 0.0993. The first-order valence-corrected chi connectivity index (χ1v) is 17.7. The number of sulfonamides is 1. The van der Waals surface area contributed by atoms with Crippen LogP contribution < -0.4 is 4.72 Å². The van der Waals surface area contributed by atoms with Gasteiger partial charge in [-0.05, 0) is 60.9 Å². The van der Waals surface area contributed by atoms with Gasteiger partial charge < -0.3 is 9.15 Å². The molecule has 5 rings (SSSR count). The Labute approximate surface area is 266 Å². The van der Waals surface area contributed by atoms with Gasteiger partial charge in [0.15, 0.2) is 11.5 Å². The number of alkyl halides is 3. The van der Waals surface area contributed by atoms with Gasteiger partial charge in [0.1, 0.15) is 17.8 Å². The van der Waals surface area contributed by atoms with Crippen molar-refractivity contribution < 1.29 is 44.7 Å². The molecule has 2 saturated heterocycles. The molecule has 4 unspecified atom stereocenters. The van der Waals surface area contributed by atoms with Gasteiger partial charge in [0.05, 0.1) is 18.1 Å². The number of benzene rings is 1. The van der Waals surface area contributed by atoms with Crippen molar-refractivity contribution in [2.24, 2.45) is 11.8 Å². The molecule has 8 nitrogen and oxygen atoms in total. The Morgan fingerprint density at radius 3 is 2.54 bits per heavy atom. The molecule has 3 heterocycles. The first kappa shape index (κ1) is 34.3. The molecule has 252 valence electrons. The van der Waals surface area contributed by atoms with Crippen molar-refractivity contribution in [2.75, 3.05) is 5.75 Å². The minimum atomic E-state index is -5.01. The van der Waals surface area contributed by atoms with Crippen LogP contribution in [0.2, 0.25) is 0 Å². The Kier molecular flexibility index (Phi) is 11.0. The number of oxazole rings is 1. The number of nitrogens with zero attached hydrogens (tertiary/aromatic N) is 1. The third-order valence-electron chi connectivity index (χ3n) is 9.34. The highest BCUT2D eigenvalue weighted by Crippen LogP contribution is 2.50. The van der Waals surface area contributed by atoms with E-state index in [1.807, 2.05) is 0 Å². The number of fused-ring (bicyclic) bond motifs is 2. The van der Waals surface area contributed by atoms with Crippen molar-refractivity contribution in [1.29, 1.82) is 0 Å². The maximum Gasteiger partial charge on any atom is 0.404 e. The highest BCUT2D eigenvalue weighted by Gasteiger charge is 2.51. The van der Waals surface area contributed by atoms with Gasteiger partial charge in [-0.3, -0.25) is 9.59 Å². The van der Waals surface area contributed by atoms with Crippen LogP contribution in [-0.4, -0.2) is 49.2 Å². The third-order valence-corrected chi connectivity index (χ3v) is 10.6. The maximum absolute atomic E-state index is 14.4.